The molecule has 1 atom stereocenters. The van der Waals surface area contributed by atoms with E-state index in [1.807, 2.05) is 12.3 Å². The predicted octanol–water partition coefficient (Wildman–Crippen LogP) is 2.73. The van der Waals surface area contributed by atoms with Crippen LogP contribution in [-0.2, 0) is 12.8 Å². The molecule has 1 aromatic heterocycles. The van der Waals surface area contributed by atoms with E-state index in [0.717, 1.165) is 30.6 Å². The maximum Gasteiger partial charge on any atom is 0.0393 e. The first-order valence-corrected chi connectivity index (χ1v) is 7.29. The fourth-order valence-electron chi connectivity index (χ4n) is 3.26. The monoisotopic (exact) mass is 267 g/mol. The number of nitrogen functional groups attached to an aromatic ring is 1. The highest BCUT2D eigenvalue weighted by molar-refractivity contribution is 5.47. The number of anilines is 1. The van der Waals surface area contributed by atoms with Gasteiger partial charge in [0.15, 0.2) is 0 Å². The number of nitrogens with two attached hydrogens (primary N) is 1. The smallest absolute Gasteiger partial charge is 0.0393 e. The lowest BCUT2D eigenvalue weighted by atomic mass is 9.90. The minimum Gasteiger partial charge on any atom is -0.398 e. The zero-order valence-corrected chi connectivity index (χ0v) is 11.8. The highest BCUT2D eigenvalue weighted by Gasteiger charge is 2.30. The fourth-order valence-corrected chi connectivity index (χ4v) is 3.26. The van der Waals surface area contributed by atoms with Gasteiger partial charge in [-0.2, -0.15) is 0 Å². The Labute approximate surface area is 120 Å². The van der Waals surface area contributed by atoms with Gasteiger partial charge in [-0.05, 0) is 42.5 Å². The molecule has 0 saturated carbocycles. The van der Waals surface area contributed by atoms with E-state index in [4.69, 9.17) is 5.73 Å². The van der Waals surface area contributed by atoms with Gasteiger partial charge in [-0.1, -0.05) is 31.2 Å². The van der Waals surface area contributed by atoms with Crippen LogP contribution in [0.15, 0.2) is 42.7 Å². The van der Waals surface area contributed by atoms with Gasteiger partial charge < -0.3 is 11.1 Å². The summed E-state index contributed by atoms with van der Waals surface area (Å²) >= 11 is 0. The molecule has 0 spiro atoms. The van der Waals surface area contributed by atoms with Crippen LogP contribution in [0.3, 0.4) is 0 Å². The molecular weight excluding hydrogens is 246 g/mol. The highest BCUT2D eigenvalue weighted by Crippen LogP contribution is 2.36. The maximum atomic E-state index is 6.14. The lowest BCUT2D eigenvalue weighted by Gasteiger charge is -2.25. The number of hydrogen-bond donors (Lipinski definition) is 2. The van der Waals surface area contributed by atoms with Gasteiger partial charge in [0.1, 0.15) is 0 Å². The van der Waals surface area contributed by atoms with E-state index in [-0.39, 0.29) is 6.04 Å². The first kappa shape index (κ1) is 13.1. The van der Waals surface area contributed by atoms with Crippen molar-refractivity contribution in [3.05, 3.63) is 59.4 Å². The lowest BCUT2D eigenvalue weighted by molar-refractivity contribution is 0.381. The maximum absolute atomic E-state index is 6.14. The predicted molar refractivity (Wildman–Crippen MR) is 82.4 cm³/mol. The largest absolute Gasteiger partial charge is 0.398 e. The van der Waals surface area contributed by atoms with Gasteiger partial charge in [-0.15, -0.1) is 0 Å². The normalized spacial score (nSPS) is 16.1. The molecule has 1 aliphatic rings. The van der Waals surface area contributed by atoms with Crippen molar-refractivity contribution >= 4 is 5.69 Å². The minimum absolute atomic E-state index is 0.279. The summed E-state index contributed by atoms with van der Waals surface area (Å²) in [6.45, 7) is 3.08. The van der Waals surface area contributed by atoms with Crippen LogP contribution in [0, 0.1) is 5.92 Å². The van der Waals surface area contributed by atoms with Crippen LogP contribution in [0.25, 0.3) is 0 Å². The molecule has 0 bridgehead atoms. The fraction of sp³-hybridized carbons (Fsp3) is 0.353. The molecule has 3 N–H and O–H groups in total. The number of rotatable bonds is 4. The van der Waals surface area contributed by atoms with Gasteiger partial charge in [0, 0.05) is 29.7 Å². The van der Waals surface area contributed by atoms with Crippen molar-refractivity contribution < 1.29 is 0 Å². The summed E-state index contributed by atoms with van der Waals surface area (Å²) in [7, 11) is 0. The summed E-state index contributed by atoms with van der Waals surface area (Å²) in [5, 5.41) is 3.60. The standard InChI is InChI=1S/C17H21N3/c1-2-20-17(15-11-19-8-7-16(15)18)14-9-12-5-3-4-6-13(12)10-14/h3-8,11,14,17,20H,2,9-10H2,1H3,(H2,18,19). The average molecular weight is 267 g/mol. The van der Waals surface area contributed by atoms with E-state index in [2.05, 4.69) is 41.5 Å². The van der Waals surface area contributed by atoms with Crippen LogP contribution in [0.5, 0.6) is 0 Å². The first-order valence-electron chi connectivity index (χ1n) is 7.29. The van der Waals surface area contributed by atoms with E-state index < -0.39 is 0 Å². The van der Waals surface area contributed by atoms with Gasteiger partial charge >= 0.3 is 0 Å². The Kier molecular flexibility index (Phi) is 3.70. The third-order valence-corrected chi connectivity index (χ3v) is 4.20. The van der Waals surface area contributed by atoms with Crippen LogP contribution in [0.2, 0.25) is 0 Å². The molecule has 1 aliphatic carbocycles. The van der Waals surface area contributed by atoms with Crippen molar-refractivity contribution in [3.8, 4) is 0 Å². The van der Waals surface area contributed by atoms with Gasteiger partial charge in [0.25, 0.3) is 0 Å². The Morgan fingerprint density at radius 2 is 1.95 bits per heavy atom. The average Bonchev–Trinajstić information content (AvgIpc) is 2.89. The Morgan fingerprint density at radius 3 is 2.55 bits per heavy atom. The van der Waals surface area contributed by atoms with E-state index >= 15 is 0 Å². The van der Waals surface area contributed by atoms with Crippen molar-refractivity contribution in [2.75, 3.05) is 12.3 Å². The first-order chi connectivity index (χ1) is 9.79. The molecule has 0 saturated heterocycles. The molecule has 3 nitrogen and oxygen atoms in total. The molecule has 104 valence electrons. The number of pyridine rings is 1. The zero-order valence-electron chi connectivity index (χ0n) is 11.8. The van der Waals surface area contributed by atoms with Gasteiger partial charge in [0.05, 0.1) is 0 Å². The Bertz CT molecular complexity index is 569. The molecule has 0 amide bonds. The molecule has 3 rings (SSSR count). The molecule has 1 aromatic carbocycles. The van der Waals surface area contributed by atoms with Crippen LogP contribution in [-0.4, -0.2) is 11.5 Å². The second kappa shape index (κ2) is 5.63. The molecule has 0 fully saturated rings. The summed E-state index contributed by atoms with van der Waals surface area (Å²) in [6, 6.07) is 10.9. The molecule has 3 heteroatoms. The summed E-state index contributed by atoms with van der Waals surface area (Å²) < 4.78 is 0. The zero-order chi connectivity index (χ0) is 13.9. The molecule has 1 heterocycles. The molecular formula is C17H21N3. The number of hydrogen-bond acceptors (Lipinski definition) is 3. The van der Waals surface area contributed by atoms with Crippen LogP contribution in [0.4, 0.5) is 5.69 Å². The Balaban J connectivity index is 1.88. The van der Waals surface area contributed by atoms with Crippen LogP contribution in [0.1, 0.15) is 29.7 Å². The van der Waals surface area contributed by atoms with Gasteiger partial charge in [-0.3, -0.25) is 4.98 Å². The molecule has 1 unspecified atom stereocenters. The van der Waals surface area contributed by atoms with E-state index in [1.54, 1.807) is 6.20 Å². The minimum atomic E-state index is 0.279. The Morgan fingerprint density at radius 1 is 1.25 bits per heavy atom. The molecule has 0 aliphatic heterocycles. The number of nitrogens with zero attached hydrogens (tertiary/aromatic N) is 1. The van der Waals surface area contributed by atoms with Crippen molar-refractivity contribution in [3.63, 3.8) is 0 Å². The second-order valence-electron chi connectivity index (χ2n) is 5.48. The third-order valence-electron chi connectivity index (χ3n) is 4.20. The third kappa shape index (κ3) is 2.41. The summed E-state index contributed by atoms with van der Waals surface area (Å²) in [6.07, 6.45) is 5.89. The second-order valence-corrected chi connectivity index (χ2v) is 5.48. The summed E-state index contributed by atoms with van der Waals surface area (Å²) in [5.74, 6) is 0.554. The van der Waals surface area contributed by atoms with E-state index in [1.165, 1.54) is 11.1 Å². The van der Waals surface area contributed by atoms with E-state index in [9.17, 15) is 0 Å². The van der Waals surface area contributed by atoms with E-state index in [0.29, 0.717) is 5.92 Å². The summed E-state index contributed by atoms with van der Waals surface area (Å²) in [4.78, 5) is 4.25. The number of aromatic nitrogens is 1. The topological polar surface area (TPSA) is 50.9 Å². The van der Waals surface area contributed by atoms with Crippen LogP contribution >= 0.6 is 0 Å². The number of benzene rings is 1. The quantitative estimate of drug-likeness (QED) is 0.895. The lowest BCUT2D eigenvalue weighted by Crippen LogP contribution is -2.29. The Hall–Kier alpha value is -1.87. The SMILES string of the molecule is CCNC(c1cnccc1N)C1Cc2ccccc2C1. The number of nitrogens with one attached hydrogen (secondary N) is 1. The molecule has 0 radical (unpaired) electrons. The highest BCUT2D eigenvalue weighted by atomic mass is 14.9. The van der Waals surface area contributed by atoms with Crippen molar-refractivity contribution in [2.24, 2.45) is 5.92 Å². The molecule has 20 heavy (non-hydrogen) atoms. The summed E-state index contributed by atoms with van der Waals surface area (Å²) in [5.41, 5.74) is 11.1. The van der Waals surface area contributed by atoms with Crippen molar-refractivity contribution in [2.45, 2.75) is 25.8 Å². The van der Waals surface area contributed by atoms with Crippen molar-refractivity contribution in [1.82, 2.24) is 10.3 Å². The van der Waals surface area contributed by atoms with Crippen molar-refractivity contribution in [1.29, 1.82) is 0 Å². The van der Waals surface area contributed by atoms with Crippen LogP contribution < -0.4 is 11.1 Å². The van der Waals surface area contributed by atoms with Gasteiger partial charge in [-0.25, -0.2) is 0 Å². The molecule has 2 aromatic rings. The van der Waals surface area contributed by atoms with Gasteiger partial charge in [0.2, 0.25) is 0 Å². The number of fused-ring (bicyclic) bond motifs is 1.